The zero-order valence-electron chi connectivity index (χ0n) is 13.3. The summed E-state index contributed by atoms with van der Waals surface area (Å²) in [7, 11) is 0. The van der Waals surface area contributed by atoms with E-state index in [0.717, 1.165) is 5.56 Å². The molecular weight excluding hydrogens is 304 g/mol. The van der Waals surface area contributed by atoms with Gasteiger partial charge in [-0.15, -0.1) is 0 Å². The third kappa shape index (κ3) is 5.31. The molecule has 1 rings (SSSR count). The maximum Gasteiger partial charge on any atom is 0.242 e. The molecule has 2 atom stereocenters. The van der Waals surface area contributed by atoms with Gasteiger partial charge in [0.1, 0.15) is 6.04 Å². The van der Waals surface area contributed by atoms with E-state index in [2.05, 4.69) is 10.6 Å². The van der Waals surface area contributed by atoms with Crippen molar-refractivity contribution in [1.82, 2.24) is 10.6 Å². The van der Waals surface area contributed by atoms with Gasteiger partial charge in [-0.25, -0.2) is 0 Å². The van der Waals surface area contributed by atoms with Gasteiger partial charge in [0, 0.05) is 10.4 Å². The summed E-state index contributed by atoms with van der Waals surface area (Å²) in [6, 6.07) is 5.63. The van der Waals surface area contributed by atoms with Crippen LogP contribution in [-0.4, -0.2) is 29.6 Å². The SMILES string of the molecule is CC(NC(=O)C(C)(C)C)C(=O)NC(CO)c1ccc(Cl)cc1. The Hall–Kier alpha value is -1.59. The summed E-state index contributed by atoms with van der Waals surface area (Å²) >= 11 is 5.82. The third-order valence-electron chi connectivity index (χ3n) is 3.19. The minimum atomic E-state index is -0.687. The van der Waals surface area contributed by atoms with Gasteiger partial charge in [-0.2, -0.15) is 0 Å². The van der Waals surface area contributed by atoms with Crippen LogP contribution >= 0.6 is 11.6 Å². The van der Waals surface area contributed by atoms with E-state index in [0.29, 0.717) is 5.02 Å². The summed E-state index contributed by atoms with van der Waals surface area (Å²) in [5.74, 6) is -0.561. The molecule has 0 aliphatic carbocycles. The summed E-state index contributed by atoms with van der Waals surface area (Å²) in [6.07, 6.45) is 0. The van der Waals surface area contributed by atoms with E-state index in [4.69, 9.17) is 11.6 Å². The molecule has 0 bridgehead atoms. The molecule has 0 aromatic heterocycles. The highest BCUT2D eigenvalue weighted by Crippen LogP contribution is 2.17. The Labute approximate surface area is 136 Å². The van der Waals surface area contributed by atoms with Gasteiger partial charge in [0.05, 0.1) is 12.6 Å². The molecule has 2 amide bonds. The predicted octanol–water partition coefficient (Wildman–Crippen LogP) is 2.04. The van der Waals surface area contributed by atoms with Crippen molar-refractivity contribution in [1.29, 1.82) is 0 Å². The van der Waals surface area contributed by atoms with E-state index in [1.54, 1.807) is 52.0 Å². The monoisotopic (exact) mass is 326 g/mol. The van der Waals surface area contributed by atoms with E-state index in [-0.39, 0.29) is 18.4 Å². The Kier molecular flexibility index (Phi) is 6.38. The molecule has 1 aromatic rings. The lowest BCUT2D eigenvalue weighted by molar-refractivity contribution is -0.133. The molecule has 122 valence electrons. The smallest absolute Gasteiger partial charge is 0.242 e. The van der Waals surface area contributed by atoms with Crippen molar-refractivity contribution in [2.75, 3.05) is 6.61 Å². The number of aliphatic hydroxyl groups excluding tert-OH is 1. The molecule has 0 aliphatic rings. The van der Waals surface area contributed by atoms with Crippen molar-refractivity contribution in [2.45, 2.75) is 39.8 Å². The summed E-state index contributed by atoms with van der Waals surface area (Å²) < 4.78 is 0. The maximum absolute atomic E-state index is 12.2. The summed E-state index contributed by atoms with van der Waals surface area (Å²) in [6.45, 7) is 6.69. The Morgan fingerprint density at radius 3 is 2.18 bits per heavy atom. The summed E-state index contributed by atoms with van der Waals surface area (Å²) in [5.41, 5.74) is 0.177. The van der Waals surface area contributed by atoms with Crippen molar-refractivity contribution >= 4 is 23.4 Å². The van der Waals surface area contributed by atoms with Crippen molar-refractivity contribution < 1.29 is 14.7 Å². The first-order valence-electron chi connectivity index (χ1n) is 7.13. The number of hydrogen-bond acceptors (Lipinski definition) is 3. The lowest BCUT2D eigenvalue weighted by Gasteiger charge is -2.23. The average molecular weight is 327 g/mol. The highest BCUT2D eigenvalue weighted by molar-refractivity contribution is 6.30. The zero-order valence-corrected chi connectivity index (χ0v) is 14.1. The maximum atomic E-state index is 12.2. The number of nitrogens with one attached hydrogen (secondary N) is 2. The number of carbonyl (C=O) groups excluding carboxylic acids is 2. The fourth-order valence-electron chi connectivity index (χ4n) is 1.70. The van der Waals surface area contributed by atoms with Crippen molar-refractivity contribution in [3.63, 3.8) is 0 Å². The van der Waals surface area contributed by atoms with E-state index >= 15 is 0 Å². The van der Waals surface area contributed by atoms with Gasteiger partial charge in [-0.3, -0.25) is 9.59 Å². The number of benzene rings is 1. The third-order valence-corrected chi connectivity index (χ3v) is 3.45. The minimum absolute atomic E-state index is 0.206. The fraction of sp³-hybridized carbons (Fsp3) is 0.500. The zero-order chi connectivity index (χ0) is 16.9. The Balaban J connectivity index is 2.68. The normalized spacial score (nSPS) is 14.1. The van der Waals surface area contributed by atoms with Crippen LogP contribution in [0, 0.1) is 5.41 Å². The van der Waals surface area contributed by atoms with Crippen LogP contribution in [-0.2, 0) is 9.59 Å². The Bertz CT molecular complexity index is 523. The number of hydrogen-bond donors (Lipinski definition) is 3. The highest BCUT2D eigenvalue weighted by Gasteiger charge is 2.26. The molecule has 0 radical (unpaired) electrons. The van der Waals surface area contributed by atoms with Gasteiger partial charge >= 0.3 is 0 Å². The molecule has 1 aromatic carbocycles. The van der Waals surface area contributed by atoms with Crippen LogP contribution in [0.3, 0.4) is 0 Å². The van der Waals surface area contributed by atoms with Crippen LogP contribution in [0.1, 0.15) is 39.3 Å². The molecule has 2 unspecified atom stereocenters. The van der Waals surface area contributed by atoms with Crippen molar-refractivity contribution in [2.24, 2.45) is 5.41 Å². The van der Waals surface area contributed by atoms with Crippen LogP contribution < -0.4 is 10.6 Å². The van der Waals surface area contributed by atoms with Crippen LogP contribution in [0.5, 0.6) is 0 Å². The second kappa shape index (κ2) is 7.61. The first-order chi connectivity index (χ1) is 10.1. The first kappa shape index (κ1) is 18.5. The van der Waals surface area contributed by atoms with Crippen LogP contribution in [0.2, 0.25) is 5.02 Å². The Morgan fingerprint density at radius 2 is 1.73 bits per heavy atom. The van der Waals surface area contributed by atoms with E-state index in [1.807, 2.05) is 0 Å². The number of rotatable bonds is 5. The molecule has 0 aliphatic heterocycles. The minimum Gasteiger partial charge on any atom is -0.394 e. The molecular formula is C16H23ClN2O3. The van der Waals surface area contributed by atoms with Crippen molar-refractivity contribution in [3.8, 4) is 0 Å². The van der Waals surface area contributed by atoms with Gasteiger partial charge in [0.2, 0.25) is 11.8 Å². The van der Waals surface area contributed by atoms with Gasteiger partial charge in [-0.05, 0) is 24.6 Å². The van der Waals surface area contributed by atoms with E-state index in [9.17, 15) is 14.7 Å². The van der Waals surface area contributed by atoms with Crippen LogP contribution in [0.25, 0.3) is 0 Å². The van der Waals surface area contributed by atoms with E-state index < -0.39 is 17.5 Å². The first-order valence-corrected chi connectivity index (χ1v) is 7.50. The van der Waals surface area contributed by atoms with Gasteiger partial charge in [0.25, 0.3) is 0 Å². The molecule has 3 N–H and O–H groups in total. The molecule has 0 saturated heterocycles. The van der Waals surface area contributed by atoms with Gasteiger partial charge in [0.15, 0.2) is 0 Å². The summed E-state index contributed by atoms with van der Waals surface area (Å²) in [4.78, 5) is 24.0. The van der Waals surface area contributed by atoms with Gasteiger partial charge in [-0.1, -0.05) is 44.5 Å². The number of halogens is 1. The molecule has 0 heterocycles. The molecule has 22 heavy (non-hydrogen) atoms. The van der Waals surface area contributed by atoms with Gasteiger partial charge < -0.3 is 15.7 Å². The largest absolute Gasteiger partial charge is 0.394 e. The molecule has 0 fully saturated rings. The molecule has 6 heteroatoms. The summed E-state index contributed by atoms with van der Waals surface area (Å²) in [5, 5.41) is 15.4. The lowest BCUT2D eigenvalue weighted by Crippen LogP contribution is -2.49. The second-order valence-electron chi connectivity index (χ2n) is 6.24. The highest BCUT2D eigenvalue weighted by atomic mass is 35.5. The number of amides is 2. The van der Waals surface area contributed by atoms with Crippen LogP contribution in [0.4, 0.5) is 0 Å². The van der Waals surface area contributed by atoms with Crippen molar-refractivity contribution in [3.05, 3.63) is 34.9 Å². The quantitative estimate of drug-likeness (QED) is 0.774. The van der Waals surface area contributed by atoms with E-state index in [1.165, 1.54) is 0 Å². The fourth-order valence-corrected chi connectivity index (χ4v) is 1.83. The molecule has 0 spiro atoms. The number of carbonyl (C=O) groups is 2. The molecule has 0 saturated carbocycles. The molecule has 5 nitrogen and oxygen atoms in total. The average Bonchev–Trinajstić information content (AvgIpc) is 2.44. The lowest BCUT2D eigenvalue weighted by atomic mass is 9.95. The topological polar surface area (TPSA) is 78.4 Å². The van der Waals surface area contributed by atoms with Crippen LogP contribution in [0.15, 0.2) is 24.3 Å². The predicted molar refractivity (Wildman–Crippen MR) is 86.5 cm³/mol. The Morgan fingerprint density at radius 1 is 1.18 bits per heavy atom. The standard InChI is InChI=1S/C16H23ClN2O3/c1-10(18-15(22)16(2,3)4)14(21)19-13(9-20)11-5-7-12(17)8-6-11/h5-8,10,13,20H,9H2,1-4H3,(H,18,22)(H,19,21). The number of aliphatic hydroxyl groups is 1. The second-order valence-corrected chi connectivity index (χ2v) is 6.68.